The Labute approximate surface area is 144 Å². The quantitative estimate of drug-likeness (QED) is 0.468. The van der Waals surface area contributed by atoms with E-state index in [4.69, 9.17) is 11.5 Å². The lowest BCUT2D eigenvalue weighted by atomic mass is 10.1. The van der Waals surface area contributed by atoms with Crippen LogP contribution in [-0.2, 0) is 11.2 Å². The second kappa shape index (κ2) is 6.76. The molecule has 0 bridgehead atoms. The van der Waals surface area contributed by atoms with Gasteiger partial charge in [0.1, 0.15) is 0 Å². The van der Waals surface area contributed by atoms with E-state index in [9.17, 15) is 4.21 Å². The molecule has 2 aromatic rings. The normalized spacial score (nSPS) is 16.3. The van der Waals surface area contributed by atoms with E-state index < -0.39 is 11.2 Å². The lowest BCUT2D eigenvalue weighted by Gasteiger charge is -2.08. The van der Waals surface area contributed by atoms with Crippen LogP contribution in [0.4, 0.5) is 10.8 Å². The fraction of sp³-hybridized carbons (Fsp3) is 0.0769. The van der Waals surface area contributed by atoms with Crippen molar-refractivity contribution in [3.63, 3.8) is 0 Å². The van der Waals surface area contributed by atoms with Gasteiger partial charge in [-0.05, 0) is 12.1 Å². The molecule has 0 saturated heterocycles. The largest absolute Gasteiger partial charge is 0.370 e. The van der Waals surface area contributed by atoms with Gasteiger partial charge in [-0.25, -0.2) is 9.19 Å². The number of nitrogens with zero attached hydrogens (tertiary/aromatic N) is 4. The summed E-state index contributed by atoms with van der Waals surface area (Å²) in [5, 5.41) is 8.29. The number of rotatable bonds is 3. The van der Waals surface area contributed by atoms with Gasteiger partial charge in [-0.15, -0.1) is 20.1 Å². The lowest BCUT2D eigenvalue weighted by Crippen LogP contribution is -2.31. The number of nitrogens with two attached hydrogens (primary N) is 2. The number of amidine groups is 2. The molecule has 24 heavy (non-hydrogen) atoms. The van der Waals surface area contributed by atoms with Crippen LogP contribution < -0.4 is 22.1 Å². The summed E-state index contributed by atoms with van der Waals surface area (Å²) in [7, 11) is 1.69. The van der Waals surface area contributed by atoms with E-state index in [0.717, 1.165) is 16.9 Å². The van der Waals surface area contributed by atoms with Crippen LogP contribution in [0.1, 0.15) is 0 Å². The molecule has 0 aliphatic carbocycles. The standard InChI is InChI=1S/C13H14N8OS2/c1-16-10-11(21-24(22)20-10)17-8-4-2-3-7(5-8)9-6-23-13(18-9)19-12(14)15/h2-6H,1H3,(H,16,20)(H,17,21)(H4,14,15,18,19). The Morgan fingerprint density at radius 3 is 2.83 bits per heavy atom. The van der Waals surface area contributed by atoms with Crippen LogP contribution in [0.2, 0.25) is 0 Å². The molecule has 0 spiro atoms. The second-order valence-electron chi connectivity index (χ2n) is 4.62. The van der Waals surface area contributed by atoms with Gasteiger partial charge in [0.25, 0.3) is 11.2 Å². The van der Waals surface area contributed by atoms with E-state index in [0.29, 0.717) is 16.8 Å². The van der Waals surface area contributed by atoms with Crippen molar-refractivity contribution in [3.05, 3.63) is 29.6 Å². The van der Waals surface area contributed by atoms with E-state index in [1.807, 2.05) is 29.6 Å². The average Bonchev–Trinajstić information content (AvgIpc) is 3.13. The van der Waals surface area contributed by atoms with Gasteiger partial charge >= 0.3 is 0 Å². The first-order valence-corrected chi connectivity index (χ1v) is 8.69. The van der Waals surface area contributed by atoms with E-state index in [2.05, 4.69) is 29.4 Å². The van der Waals surface area contributed by atoms with Crippen LogP contribution in [0.5, 0.6) is 0 Å². The maximum Gasteiger partial charge on any atom is 0.269 e. The Morgan fingerprint density at radius 2 is 2.08 bits per heavy atom. The monoisotopic (exact) mass is 362 g/mol. The smallest absolute Gasteiger partial charge is 0.269 e. The van der Waals surface area contributed by atoms with Crippen molar-refractivity contribution in [2.24, 2.45) is 25.3 Å². The summed E-state index contributed by atoms with van der Waals surface area (Å²) in [5.41, 5.74) is 13.1. The third kappa shape index (κ3) is 3.58. The third-order valence-corrected chi connectivity index (χ3v) is 4.35. The van der Waals surface area contributed by atoms with E-state index in [1.165, 1.54) is 11.3 Å². The van der Waals surface area contributed by atoms with E-state index in [-0.39, 0.29) is 5.96 Å². The molecule has 1 aliphatic heterocycles. The van der Waals surface area contributed by atoms with Crippen molar-refractivity contribution in [2.75, 3.05) is 12.4 Å². The van der Waals surface area contributed by atoms with Gasteiger partial charge in [0.05, 0.1) is 5.69 Å². The second-order valence-corrected chi connectivity index (χ2v) is 6.28. The number of hydrogen-bond acceptors (Lipinski definition) is 6. The number of guanidine groups is 1. The van der Waals surface area contributed by atoms with Crippen LogP contribution >= 0.6 is 11.3 Å². The van der Waals surface area contributed by atoms with Crippen molar-refractivity contribution in [1.29, 1.82) is 0 Å². The average molecular weight is 362 g/mol. The molecule has 0 saturated carbocycles. The maximum absolute atomic E-state index is 11.4. The molecule has 1 aromatic carbocycles. The van der Waals surface area contributed by atoms with Gasteiger partial charge in [-0.2, -0.15) is 4.99 Å². The Balaban J connectivity index is 1.84. The van der Waals surface area contributed by atoms with E-state index >= 15 is 0 Å². The molecule has 11 heteroatoms. The number of aromatic nitrogens is 1. The minimum atomic E-state index is -1.60. The zero-order valence-corrected chi connectivity index (χ0v) is 14.2. The van der Waals surface area contributed by atoms with Crippen LogP contribution in [0.15, 0.2) is 43.4 Å². The fourth-order valence-electron chi connectivity index (χ4n) is 1.96. The van der Waals surface area contributed by atoms with Crippen LogP contribution in [-0.4, -0.2) is 33.9 Å². The highest BCUT2D eigenvalue weighted by Crippen LogP contribution is 2.28. The summed E-state index contributed by atoms with van der Waals surface area (Å²) in [5.74, 6) is 0.840. The van der Waals surface area contributed by atoms with Crippen LogP contribution in [0.3, 0.4) is 0 Å². The number of likely N-dealkylation sites (N-methyl/N-ethyl adjacent to an activating group) is 1. The molecule has 1 atom stereocenters. The topological polar surface area (TPSA) is 143 Å². The Kier molecular flexibility index (Phi) is 4.53. The number of benzene rings is 1. The van der Waals surface area contributed by atoms with Gasteiger partial charge in [0, 0.05) is 23.7 Å². The summed E-state index contributed by atoms with van der Waals surface area (Å²) in [6.45, 7) is 0. The van der Waals surface area contributed by atoms with E-state index in [1.54, 1.807) is 7.05 Å². The highest BCUT2D eigenvalue weighted by atomic mass is 32.2. The summed E-state index contributed by atoms with van der Waals surface area (Å²) >= 11 is -0.255. The summed E-state index contributed by atoms with van der Waals surface area (Å²) in [6.07, 6.45) is 0. The minimum absolute atomic E-state index is 0.0301. The van der Waals surface area contributed by atoms with Crippen molar-refractivity contribution >= 4 is 51.0 Å². The van der Waals surface area contributed by atoms with Gasteiger partial charge in [-0.3, -0.25) is 0 Å². The van der Waals surface area contributed by atoms with Crippen molar-refractivity contribution in [3.8, 4) is 11.3 Å². The molecule has 0 radical (unpaired) electrons. The molecule has 124 valence electrons. The number of nitrogens with one attached hydrogen (secondary N) is 2. The Morgan fingerprint density at radius 1 is 1.29 bits per heavy atom. The number of thiazole rings is 1. The molecule has 1 unspecified atom stereocenters. The molecule has 9 nitrogen and oxygen atoms in total. The zero-order chi connectivity index (χ0) is 17.1. The van der Waals surface area contributed by atoms with Gasteiger partial charge in [0.2, 0.25) is 5.13 Å². The minimum Gasteiger partial charge on any atom is -0.370 e. The first kappa shape index (κ1) is 16.1. The number of aliphatic imine (C=N–C) groups is 1. The summed E-state index contributed by atoms with van der Waals surface area (Å²) in [4.78, 5) is 8.29. The number of anilines is 1. The molecular formula is C13H14N8OS2. The molecule has 1 aliphatic rings. The van der Waals surface area contributed by atoms with Crippen LogP contribution in [0, 0.1) is 0 Å². The highest BCUT2D eigenvalue weighted by Gasteiger charge is 2.17. The third-order valence-electron chi connectivity index (χ3n) is 2.94. The summed E-state index contributed by atoms with van der Waals surface area (Å²) < 4.78 is 19.2. The molecule has 2 heterocycles. The first-order chi connectivity index (χ1) is 11.5. The van der Waals surface area contributed by atoms with Gasteiger partial charge in [0.15, 0.2) is 17.6 Å². The molecule has 6 N–H and O–H groups in total. The zero-order valence-electron chi connectivity index (χ0n) is 12.6. The first-order valence-electron chi connectivity index (χ1n) is 6.75. The van der Waals surface area contributed by atoms with Gasteiger partial charge in [-0.1, -0.05) is 12.1 Å². The van der Waals surface area contributed by atoms with Crippen molar-refractivity contribution < 1.29 is 4.21 Å². The predicted molar refractivity (Wildman–Crippen MR) is 98.7 cm³/mol. The molecular weight excluding hydrogens is 348 g/mol. The molecule has 1 aromatic heterocycles. The molecule has 0 fully saturated rings. The van der Waals surface area contributed by atoms with Crippen molar-refractivity contribution in [1.82, 2.24) is 10.3 Å². The fourth-order valence-corrected chi connectivity index (χ4v) is 3.34. The Bertz CT molecular complexity index is 882. The molecule has 3 rings (SSSR count). The van der Waals surface area contributed by atoms with Crippen LogP contribution in [0.25, 0.3) is 11.3 Å². The maximum atomic E-state index is 11.4. The predicted octanol–water partition coefficient (Wildman–Crippen LogP) is 0.736. The molecule has 0 amide bonds. The Hall–Kier alpha value is -2.79. The number of hydrogen-bond donors (Lipinski definition) is 4. The van der Waals surface area contributed by atoms with Gasteiger partial charge < -0.3 is 22.1 Å². The highest BCUT2D eigenvalue weighted by molar-refractivity contribution is 7.83. The SMILES string of the molecule is CNC1=NS(=O)N=C1Nc1cccc(-c2csc(N=C(N)N)n2)c1. The van der Waals surface area contributed by atoms with Crippen molar-refractivity contribution in [2.45, 2.75) is 0 Å². The summed E-state index contributed by atoms with van der Waals surface area (Å²) in [6, 6.07) is 7.55. The lowest BCUT2D eigenvalue weighted by molar-refractivity contribution is 0.686.